The minimum atomic E-state index is -0.0996. The fourth-order valence-corrected chi connectivity index (χ4v) is 2.18. The molecule has 104 valence electrons. The molecule has 2 amide bonds. The number of urea groups is 1. The largest absolute Gasteiger partial charge is 0.370 e. The molecule has 1 aromatic rings. The molecule has 1 aliphatic rings. The van der Waals surface area contributed by atoms with Gasteiger partial charge in [-0.2, -0.15) is 0 Å². The van der Waals surface area contributed by atoms with E-state index in [-0.39, 0.29) is 18.2 Å². The highest BCUT2D eigenvalue weighted by atomic mass is 16.5. The summed E-state index contributed by atoms with van der Waals surface area (Å²) >= 11 is 0. The fraction of sp³-hybridized carbons (Fsp3) is 0.500. The third-order valence-electron chi connectivity index (χ3n) is 3.18. The summed E-state index contributed by atoms with van der Waals surface area (Å²) in [6.07, 6.45) is -0.0569. The number of aryl methyl sites for hydroxylation is 1. The average molecular weight is 263 g/mol. The monoisotopic (exact) mass is 263 g/mol. The number of nitrogens with zero attached hydrogens (tertiary/aromatic N) is 1. The van der Waals surface area contributed by atoms with Gasteiger partial charge in [0, 0.05) is 25.3 Å². The number of hydrogen-bond acceptors (Lipinski definition) is 3. The lowest BCUT2D eigenvalue weighted by atomic mass is 10.2. The molecular weight excluding hydrogens is 242 g/mol. The molecule has 1 heterocycles. The van der Waals surface area contributed by atoms with E-state index in [0.717, 1.165) is 5.69 Å². The minimum Gasteiger partial charge on any atom is -0.370 e. The van der Waals surface area contributed by atoms with Crippen LogP contribution in [0, 0.1) is 6.92 Å². The predicted molar refractivity (Wildman–Crippen MR) is 75.2 cm³/mol. The number of rotatable bonds is 2. The second-order valence-corrected chi connectivity index (χ2v) is 5.01. The number of benzene rings is 1. The predicted octanol–water partition coefficient (Wildman–Crippen LogP) is 1.57. The van der Waals surface area contributed by atoms with Crippen LogP contribution >= 0.6 is 0 Å². The second-order valence-electron chi connectivity index (χ2n) is 5.01. The Morgan fingerprint density at radius 1 is 1.42 bits per heavy atom. The molecule has 0 bridgehead atoms. The first-order valence-electron chi connectivity index (χ1n) is 6.56. The third-order valence-corrected chi connectivity index (χ3v) is 3.18. The van der Waals surface area contributed by atoms with Gasteiger partial charge in [-0.1, -0.05) is 17.7 Å². The van der Waals surface area contributed by atoms with Crippen LogP contribution in [0.2, 0.25) is 0 Å². The van der Waals surface area contributed by atoms with Gasteiger partial charge in [-0.15, -0.1) is 0 Å². The van der Waals surface area contributed by atoms with Crippen LogP contribution in [0.3, 0.4) is 0 Å². The molecule has 0 radical (unpaired) electrons. The lowest BCUT2D eigenvalue weighted by Gasteiger charge is -2.36. The molecule has 0 saturated carbocycles. The summed E-state index contributed by atoms with van der Waals surface area (Å²) in [7, 11) is 0. The zero-order valence-corrected chi connectivity index (χ0v) is 11.4. The summed E-state index contributed by atoms with van der Waals surface area (Å²) in [5.41, 5.74) is 7.59. The lowest BCUT2D eigenvalue weighted by molar-refractivity contribution is -0.0573. The van der Waals surface area contributed by atoms with E-state index in [1.807, 2.05) is 38.1 Å². The molecule has 0 aliphatic carbocycles. The molecule has 3 N–H and O–H groups in total. The first-order chi connectivity index (χ1) is 9.08. The molecule has 1 aromatic carbocycles. The zero-order valence-electron chi connectivity index (χ0n) is 11.4. The minimum absolute atomic E-state index is 0.0195. The van der Waals surface area contributed by atoms with Gasteiger partial charge in [-0.25, -0.2) is 4.79 Å². The highest BCUT2D eigenvalue weighted by Gasteiger charge is 2.27. The molecule has 0 spiro atoms. The van der Waals surface area contributed by atoms with Crippen molar-refractivity contribution in [3.8, 4) is 0 Å². The lowest BCUT2D eigenvalue weighted by Crippen LogP contribution is -2.52. The summed E-state index contributed by atoms with van der Waals surface area (Å²) in [5.74, 6) is 0. The molecule has 5 heteroatoms. The highest BCUT2D eigenvalue weighted by molar-refractivity contribution is 5.89. The zero-order chi connectivity index (χ0) is 13.8. The van der Waals surface area contributed by atoms with Gasteiger partial charge in [0.15, 0.2) is 0 Å². The van der Waals surface area contributed by atoms with Crippen molar-refractivity contribution in [2.75, 3.05) is 25.0 Å². The Labute approximate surface area is 113 Å². The summed E-state index contributed by atoms with van der Waals surface area (Å²) in [5, 5.41) is 2.89. The van der Waals surface area contributed by atoms with Gasteiger partial charge < -0.3 is 20.7 Å². The second kappa shape index (κ2) is 6.04. The summed E-state index contributed by atoms with van der Waals surface area (Å²) in [6.45, 7) is 5.53. The quantitative estimate of drug-likeness (QED) is 0.851. The van der Waals surface area contributed by atoms with Crippen LogP contribution in [-0.4, -0.2) is 42.8 Å². The Morgan fingerprint density at radius 2 is 2.11 bits per heavy atom. The molecule has 1 saturated heterocycles. The molecule has 2 rings (SSSR count). The van der Waals surface area contributed by atoms with Crippen molar-refractivity contribution < 1.29 is 9.53 Å². The number of ether oxygens (including phenoxy) is 1. The van der Waals surface area contributed by atoms with Crippen LogP contribution in [-0.2, 0) is 4.74 Å². The van der Waals surface area contributed by atoms with Gasteiger partial charge in [0.25, 0.3) is 0 Å². The van der Waals surface area contributed by atoms with Crippen molar-refractivity contribution in [1.82, 2.24) is 4.90 Å². The molecule has 1 fully saturated rings. The van der Waals surface area contributed by atoms with Crippen molar-refractivity contribution in [2.45, 2.75) is 26.1 Å². The van der Waals surface area contributed by atoms with Gasteiger partial charge in [0.1, 0.15) is 0 Å². The van der Waals surface area contributed by atoms with Crippen molar-refractivity contribution >= 4 is 11.7 Å². The normalized spacial score (nSPS) is 23.2. The molecule has 19 heavy (non-hydrogen) atoms. The third kappa shape index (κ3) is 3.68. The number of carbonyl (C=O) groups is 1. The standard InChI is InChI=1S/C14H21N3O2/c1-10-3-5-12(6-4-10)16-14(18)17-8-11(2)19-13(7-15)9-17/h3-6,11,13H,7-9,15H2,1-2H3,(H,16,18). The van der Waals surface area contributed by atoms with E-state index in [0.29, 0.717) is 19.6 Å². The Hall–Kier alpha value is -1.59. The first-order valence-corrected chi connectivity index (χ1v) is 6.56. The van der Waals surface area contributed by atoms with Crippen LogP contribution in [0.15, 0.2) is 24.3 Å². The van der Waals surface area contributed by atoms with Crippen molar-refractivity contribution in [1.29, 1.82) is 0 Å². The Kier molecular flexibility index (Phi) is 4.39. The molecule has 1 aliphatic heterocycles. The molecule has 5 nitrogen and oxygen atoms in total. The Balaban J connectivity index is 1.97. The SMILES string of the molecule is Cc1ccc(NC(=O)N2CC(C)OC(CN)C2)cc1. The number of hydrogen-bond donors (Lipinski definition) is 2. The number of anilines is 1. The van der Waals surface area contributed by atoms with E-state index in [2.05, 4.69) is 5.32 Å². The Bertz CT molecular complexity index is 433. The van der Waals surface area contributed by atoms with Gasteiger partial charge >= 0.3 is 6.03 Å². The topological polar surface area (TPSA) is 67.6 Å². The number of nitrogens with two attached hydrogens (primary N) is 1. The number of nitrogens with one attached hydrogen (secondary N) is 1. The molecule has 2 atom stereocenters. The first kappa shape index (κ1) is 13.8. The maximum atomic E-state index is 12.2. The maximum Gasteiger partial charge on any atom is 0.322 e. The number of carbonyl (C=O) groups excluding carboxylic acids is 1. The average Bonchev–Trinajstić information content (AvgIpc) is 2.40. The van der Waals surface area contributed by atoms with Gasteiger partial charge in [0.2, 0.25) is 0 Å². The van der Waals surface area contributed by atoms with E-state index in [9.17, 15) is 4.79 Å². The summed E-state index contributed by atoms with van der Waals surface area (Å²) in [4.78, 5) is 13.9. The van der Waals surface area contributed by atoms with Crippen LogP contribution < -0.4 is 11.1 Å². The van der Waals surface area contributed by atoms with Gasteiger partial charge in [-0.3, -0.25) is 0 Å². The molecular formula is C14H21N3O2. The molecule has 0 aromatic heterocycles. The van der Waals surface area contributed by atoms with Crippen LogP contribution in [0.25, 0.3) is 0 Å². The van der Waals surface area contributed by atoms with Gasteiger partial charge in [-0.05, 0) is 26.0 Å². The fourth-order valence-electron chi connectivity index (χ4n) is 2.18. The van der Waals surface area contributed by atoms with Crippen molar-refractivity contribution in [2.24, 2.45) is 5.73 Å². The van der Waals surface area contributed by atoms with E-state index in [1.54, 1.807) is 4.90 Å². The van der Waals surface area contributed by atoms with E-state index in [1.165, 1.54) is 5.56 Å². The van der Waals surface area contributed by atoms with E-state index in [4.69, 9.17) is 10.5 Å². The Morgan fingerprint density at radius 3 is 2.74 bits per heavy atom. The summed E-state index contributed by atoms with van der Waals surface area (Å²) in [6, 6.07) is 7.65. The van der Waals surface area contributed by atoms with Gasteiger partial charge in [0.05, 0.1) is 12.2 Å². The van der Waals surface area contributed by atoms with Crippen LogP contribution in [0.5, 0.6) is 0 Å². The summed E-state index contributed by atoms with van der Waals surface area (Å²) < 4.78 is 5.64. The molecule has 2 unspecified atom stereocenters. The number of morpholine rings is 1. The smallest absolute Gasteiger partial charge is 0.322 e. The highest BCUT2D eigenvalue weighted by Crippen LogP contribution is 2.14. The van der Waals surface area contributed by atoms with Crippen LogP contribution in [0.1, 0.15) is 12.5 Å². The van der Waals surface area contributed by atoms with E-state index < -0.39 is 0 Å². The van der Waals surface area contributed by atoms with Crippen LogP contribution in [0.4, 0.5) is 10.5 Å². The maximum absolute atomic E-state index is 12.2. The van der Waals surface area contributed by atoms with E-state index >= 15 is 0 Å². The van der Waals surface area contributed by atoms with Crippen molar-refractivity contribution in [3.05, 3.63) is 29.8 Å². The number of amides is 2. The van der Waals surface area contributed by atoms with Crippen molar-refractivity contribution in [3.63, 3.8) is 0 Å².